The van der Waals surface area contributed by atoms with E-state index in [0.29, 0.717) is 6.54 Å². The Kier molecular flexibility index (Phi) is 9.28. The monoisotopic (exact) mass is 370 g/mol. The van der Waals surface area contributed by atoms with E-state index in [1.807, 2.05) is 24.3 Å². The summed E-state index contributed by atoms with van der Waals surface area (Å²) in [5, 5.41) is 3.39. The summed E-state index contributed by atoms with van der Waals surface area (Å²) >= 11 is 0. The molecule has 144 valence electrons. The molecule has 0 aliphatic heterocycles. The van der Waals surface area contributed by atoms with E-state index in [2.05, 4.69) is 17.0 Å². The van der Waals surface area contributed by atoms with Crippen molar-refractivity contribution in [3.8, 4) is 5.75 Å². The smallest absolute Gasteiger partial charge is 0.216 e. The second-order valence-corrected chi connectivity index (χ2v) is 9.75. The van der Waals surface area contributed by atoms with Crippen molar-refractivity contribution in [1.29, 1.82) is 0 Å². The predicted molar refractivity (Wildman–Crippen MR) is 106 cm³/mol. The molecule has 0 radical (unpaired) electrons. The average Bonchev–Trinajstić information content (AvgIpc) is 2.53. The van der Waals surface area contributed by atoms with Crippen molar-refractivity contribution in [3.63, 3.8) is 0 Å². The lowest BCUT2D eigenvalue weighted by Crippen LogP contribution is -2.39. The van der Waals surface area contributed by atoms with E-state index >= 15 is 0 Å². The van der Waals surface area contributed by atoms with Crippen molar-refractivity contribution >= 4 is 15.7 Å². The third kappa shape index (κ3) is 8.59. The molecule has 1 aromatic carbocycles. The van der Waals surface area contributed by atoms with Gasteiger partial charge in [-0.15, -0.1) is 0 Å². The zero-order valence-electron chi connectivity index (χ0n) is 16.1. The van der Waals surface area contributed by atoms with Crippen LogP contribution in [-0.2, 0) is 10.0 Å². The Morgan fingerprint density at radius 2 is 1.76 bits per heavy atom. The van der Waals surface area contributed by atoms with Crippen LogP contribution in [0.2, 0.25) is 0 Å². The van der Waals surface area contributed by atoms with Crippen LogP contribution in [0.4, 0.5) is 5.69 Å². The van der Waals surface area contributed by atoms with Crippen LogP contribution in [0.5, 0.6) is 5.75 Å². The van der Waals surface area contributed by atoms with E-state index in [0.717, 1.165) is 56.7 Å². The van der Waals surface area contributed by atoms with Crippen LogP contribution in [0.25, 0.3) is 0 Å². The van der Waals surface area contributed by atoms with E-state index < -0.39 is 14.8 Å². The highest BCUT2D eigenvalue weighted by molar-refractivity contribution is 7.90. The van der Waals surface area contributed by atoms with Crippen LogP contribution in [0.1, 0.15) is 59.8 Å². The molecular weight excluding hydrogens is 336 g/mol. The molecule has 2 N–H and O–H groups in total. The van der Waals surface area contributed by atoms with Crippen molar-refractivity contribution in [1.82, 2.24) is 4.72 Å². The lowest BCUT2D eigenvalue weighted by Gasteiger charge is -2.19. The molecule has 1 aromatic rings. The third-order valence-electron chi connectivity index (χ3n) is 3.88. The zero-order valence-corrected chi connectivity index (χ0v) is 16.9. The quantitative estimate of drug-likeness (QED) is 0.542. The highest BCUT2D eigenvalue weighted by Crippen LogP contribution is 2.18. The minimum atomic E-state index is -3.23. The molecule has 5 nitrogen and oxygen atoms in total. The van der Waals surface area contributed by atoms with Gasteiger partial charge in [0.15, 0.2) is 0 Å². The number of hydrogen-bond donors (Lipinski definition) is 2. The summed E-state index contributed by atoms with van der Waals surface area (Å²) in [5.74, 6) is 0.898. The fourth-order valence-electron chi connectivity index (χ4n) is 2.11. The van der Waals surface area contributed by atoms with E-state index in [1.54, 1.807) is 20.8 Å². The van der Waals surface area contributed by atoms with Crippen molar-refractivity contribution in [2.24, 2.45) is 0 Å². The molecule has 0 bridgehead atoms. The summed E-state index contributed by atoms with van der Waals surface area (Å²) in [7, 11) is -3.23. The lowest BCUT2D eigenvalue weighted by atomic mass is 10.2. The molecule has 0 fully saturated rings. The fraction of sp³-hybridized carbons (Fsp3) is 0.684. The molecule has 0 saturated carbocycles. The molecule has 0 unspecified atom stereocenters. The lowest BCUT2D eigenvalue weighted by molar-refractivity contribution is 0.309. The van der Waals surface area contributed by atoms with Gasteiger partial charge >= 0.3 is 0 Å². The SMILES string of the molecule is CCCCOc1cccc(NCCCCCNS(=O)(=O)C(C)(C)C)c1. The second-order valence-electron chi connectivity index (χ2n) is 7.23. The van der Waals surface area contributed by atoms with Gasteiger partial charge in [-0.2, -0.15) is 0 Å². The van der Waals surface area contributed by atoms with Gasteiger partial charge in [-0.25, -0.2) is 13.1 Å². The first-order valence-electron chi connectivity index (χ1n) is 9.22. The molecule has 0 saturated heterocycles. The van der Waals surface area contributed by atoms with Gasteiger partial charge in [0.2, 0.25) is 10.0 Å². The molecule has 0 spiro atoms. The molecule has 0 aromatic heterocycles. The number of benzene rings is 1. The first-order valence-corrected chi connectivity index (χ1v) is 10.7. The standard InChI is InChI=1S/C19H34N2O3S/c1-5-6-15-24-18-12-10-11-17(16-18)20-13-8-7-9-14-21-25(22,23)19(2,3)4/h10-12,16,20-21H,5-9,13-15H2,1-4H3. The Labute approximate surface area is 153 Å². The molecule has 1 rings (SSSR count). The zero-order chi connectivity index (χ0) is 18.8. The summed E-state index contributed by atoms with van der Waals surface area (Å²) in [6, 6.07) is 8.02. The topological polar surface area (TPSA) is 67.4 Å². The number of unbranched alkanes of at least 4 members (excludes halogenated alkanes) is 3. The summed E-state index contributed by atoms with van der Waals surface area (Å²) in [4.78, 5) is 0. The van der Waals surface area contributed by atoms with Crippen LogP contribution in [0.3, 0.4) is 0 Å². The van der Waals surface area contributed by atoms with Crippen LogP contribution >= 0.6 is 0 Å². The maximum absolute atomic E-state index is 11.9. The van der Waals surface area contributed by atoms with Crippen LogP contribution in [-0.4, -0.2) is 32.9 Å². The molecule has 25 heavy (non-hydrogen) atoms. The number of rotatable bonds is 12. The highest BCUT2D eigenvalue weighted by Gasteiger charge is 2.27. The van der Waals surface area contributed by atoms with Gasteiger partial charge in [-0.05, 0) is 52.2 Å². The van der Waals surface area contributed by atoms with Crippen molar-refractivity contribution in [2.45, 2.75) is 64.5 Å². The van der Waals surface area contributed by atoms with Crippen molar-refractivity contribution < 1.29 is 13.2 Å². The van der Waals surface area contributed by atoms with Crippen molar-refractivity contribution in [2.75, 3.05) is 25.0 Å². The second kappa shape index (κ2) is 10.7. The number of hydrogen-bond acceptors (Lipinski definition) is 4. The maximum Gasteiger partial charge on any atom is 0.216 e. The summed E-state index contributed by atoms with van der Waals surface area (Å²) in [6.07, 6.45) is 5.02. The van der Waals surface area contributed by atoms with Gasteiger partial charge in [0.25, 0.3) is 0 Å². The average molecular weight is 371 g/mol. The highest BCUT2D eigenvalue weighted by atomic mass is 32.2. The minimum Gasteiger partial charge on any atom is -0.494 e. The largest absolute Gasteiger partial charge is 0.494 e. The normalized spacial score (nSPS) is 12.2. The first-order chi connectivity index (χ1) is 11.8. The third-order valence-corrected chi connectivity index (χ3v) is 6.08. The molecule has 0 atom stereocenters. The van der Waals surface area contributed by atoms with Crippen LogP contribution in [0.15, 0.2) is 24.3 Å². The number of sulfonamides is 1. The molecular formula is C19H34N2O3S. The van der Waals surface area contributed by atoms with E-state index in [4.69, 9.17) is 4.74 Å². The number of anilines is 1. The first kappa shape index (κ1) is 21.8. The summed E-state index contributed by atoms with van der Waals surface area (Å²) < 4.78 is 31.5. The Balaban J connectivity index is 2.19. The molecule has 0 aliphatic rings. The Bertz CT molecular complexity index is 595. The van der Waals surface area contributed by atoms with Gasteiger partial charge in [0, 0.05) is 24.8 Å². The van der Waals surface area contributed by atoms with Gasteiger partial charge in [0.1, 0.15) is 5.75 Å². The molecule has 0 heterocycles. The minimum absolute atomic E-state index is 0.500. The maximum atomic E-state index is 11.9. The molecule has 0 amide bonds. The van der Waals surface area contributed by atoms with Gasteiger partial charge in [-0.1, -0.05) is 25.8 Å². The van der Waals surface area contributed by atoms with E-state index in [1.165, 1.54) is 0 Å². The molecule has 0 aliphatic carbocycles. The Morgan fingerprint density at radius 3 is 2.44 bits per heavy atom. The number of nitrogens with one attached hydrogen (secondary N) is 2. The van der Waals surface area contributed by atoms with Crippen LogP contribution < -0.4 is 14.8 Å². The van der Waals surface area contributed by atoms with Gasteiger partial charge in [-0.3, -0.25) is 0 Å². The van der Waals surface area contributed by atoms with Crippen LogP contribution in [0, 0.1) is 0 Å². The summed E-state index contributed by atoms with van der Waals surface area (Å²) in [5.41, 5.74) is 1.06. The van der Waals surface area contributed by atoms with Gasteiger partial charge in [0.05, 0.1) is 11.4 Å². The molecule has 6 heteroatoms. The van der Waals surface area contributed by atoms with E-state index in [-0.39, 0.29) is 0 Å². The summed E-state index contributed by atoms with van der Waals surface area (Å²) in [6.45, 7) is 9.39. The Hall–Kier alpha value is -1.27. The predicted octanol–water partition coefficient (Wildman–Crippen LogP) is 4.17. The Morgan fingerprint density at radius 1 is 1.04 bits per heavy atom. The fourth-order valence-corrected chi connectivity index (χ4v) is 2.96. The van der Waals surface area contributed by atoms with Gasteiger partial charge < -0.3 is 10.1 Å². The van der Waals surface area contributed by atoms with Crippen molar-refractivity contribution in [3.05, 3.63) is 24.3 Å². The number of ether oxygens (including phenoxy) is 1. The van der Waals surface area contributed by atoms with E-state index in [9.17, 15) is 8.42 Å².